The molecule has 0 aliphatic carbocycles. The van der Waals surface area contributed by atoms with Crippen LogP contribution in [-0.2, 0) is 0 Å². The lowest BCUT2D eigenvalue weighted by Crippen LogP contribution is -2.26. The van der Waals surface area contributed by atoms with Crippen LogP contribution >= 0.6 is 12.2 Å². The van der Waals surface area contributed by atoms with Gasteiger partial charge >= 0.3 is 0 Å². The molecule has 2 heterocycles. The van der Waals surface area contributed by atoms with Gasteiger partial charge < -0.3 is 15.4 Å². The summed E-state index contributed by atoms with van der Waals surface area (Å²) in [4.78, 5) is 6.78. The summed E-state index contributed by atoms with van der Waals surface area (Å²) in [5.74, 6) is 0.786. The van der Waals surface area contributed by atoms with Gasteiger partial charge in [0.15, 0.2) is 0 Å². The molecule has 1 aromatic rings. The largest absolute Gasteiger partial charge is 0.493 e. The van der Waals surface area contributed by atoms with Gasteiger partial charge in [0.2, 0.25) is 0 Å². The number of thiocarbonyl (C=S) groups is 1. The third-order valence-corrected chi connectivity index (χ3v) is 3.58. The van der Waals surface area contributed by atoms with Crippen LogP contribution < -0.4 is 10.5 Å². The lowest BCUT2D eigenvalue weighted by molar-refractivity contribution is 0.233. The van der Waals surface area contributed by atoms with Crippen LogP contribution in [0.25, 0.3) is 0 Å². The monoisotopic (exact) mass is 265 g/mol. The second-order valence-electron chi connectivity index (χ2n) is 4.65. The molecule has 0 spiro atoms. The predicted octanol–water partition coefficient (Wildman–Crippen LogP) is 1.58. The number of rotatable bonds is 5. The molecule has 98 valence electrons. The number of hydrogen-bond donors (Lipinski definition) is 1. The van der Waals surface area contributed by atoms with Gasteiger partial charge in [-0.05, 0) is 38.9 Å². The lowest BCUT2D eigenvalue weighted by Gasteiger charge is -2.19. The fourth-order valence-corrected chi connectivity index (χ4v) is 2.40. The van der Waals surface area contributed by atoms with E-state index in [0.717, 1.165) is 18.8 Å². The first-order chi connectivity index (χ1) is 8.66. The van der Waals surface area contributed by atoms with Gasteiger partial charge in [0, 0.05) is 18.3 Å². The Labute approximate surface area is 113 Å². The SMILES string of the molecule is CN1CCCC1CCOc1ccnc(C(N)=S)c1. The zero-order valence-corrected chi connectivity index (χ0v) is 11.4. The Morgan fingerprint density at radius 3 is 3.17 bits per heavy atom. The standard InChI is InChI=1S/C13H19N3OS/c1-16-7-2-3-10(16)5-8-17-11-4-6-15-12(9-11)13(14)18/h4,6,9-10H,2-3,5,7-8H2,1H3,(H2,14,18). The molecule has 0 amide bonds. The van der Waals surface area contributed by atoms with Gasteiger partial charge in [-0.2, -0.15) is 0 Å². The molecule has 1 saturated heterocycles. The number of ether oxygens (including phenoxy) is 1. The van der Waals surface area contributed by atoms with E-state index in [0.29, 0.717) is 16.7 Å². The zero-order chi connectivity index (χ0) is 13.0. The van der Waals surface area contributed by atoms with Crippen molar-refractivity contribution >= 4 is 17.2 Å². The summed E-state index contributed by atoms with van der Waals surface area (Å²) in [5, 5.41) is 0. The fraction of sp³-hybridized carbons (Fsp3) is 0.538. The van der Waals surface area contributed by atoms with E-state index in [9.17, 15) is 0 Å². The maximum absolute atomic E-state index is 5.73. The highest BCUT2D eigenvalue weighted by Crippen LogP contribution is 2.18. The minimum absolute atomic E-state index is 0.302. The van der Waals surface area contributed by atoms with E-state index in [4.69, 9.17) is 22.7 Å². The van der Waals surface area contributed by atoms with Crippen LogP contribution in [0.3, 0.4) is 0 Å². The van der Waals surface area contributed by atoms with Crippen molar-refractivity contribution in [3.63, 3.8) is 0 Å². The van der Waals surface area contributed by atoms with Gasteiger partial charge in [0.25, 0.3) is 0 Å². The van der Waals surface area contributed by atoms with Crippen LogP contribution in [0.4, 0.5) is 0 Å². The normalized spacial score (nSPS) is 19.9. The van der Waals surface area contributed by atoms with Gasteiger partial charge in [-0.3, -0.25) is 4.98 Å². The summed E-state index contributed by atoms with van der Waals surface area (Å²) < 4.78 is 5.73. The number of nitrogens with two attached hydrogens (primary N) is 1. The molecule has 1 aliphatic heterocycles. The van der Waals surface area contributed by atoms with E-state index in [1.807, 2.05) is 6.07 Å². The number of hydrogen-bond acceptors (Lipinski definition) is 4. The Balaban J connectivity index is 1.83. The highest BCUT2D eigenvalue weighted by atomic mass is 32.1. The molecule has 1 unspecified atom stereocenters. The second-order valence-corrected chi connectivity index (χ2v) is 5.09. The molecule has 0 saturated carbocycles. The number of likely N-dealkylation sites (tertiary alicyclic amines) is 1. The van der Waals surface area contributed by atoms with Gasteiger partial charge in [0.1, 0.15) is 16.4 Å². The highest BCUT2D eigenvalue weighted by molar-refractivity contribution is 7.80. The number of aromatic nitrogens is 1. The van der Waals surface area contributed by atoms with Crippen LogP contribution in [0.1, 0.15) is 25.0 Å². The Hall–Kier alpha value is -1.20. The first-order valence-corrected chi connectivity index (χ1v) is 6.66. The summed E-state index contributed by atoms with van der Waals surface area (Å²) in [6.07, 6.45) is 5.29. The minimum atomic E-state index is 0.302. The van der Waals surface area contributed by atoms with E-state index < -0.39 is 0 Å². The molecule has 1 fully saturated rings. The molecule has 5 heteroatoms. The molecular formula is C13H19N3OS. The van der Waals surface area contributed by atoms with Crippen LogP contribution in [0.5, 0.6) is 5.75 Å². The predicted molar refractivity (Wildman–Crippen MR) is 75.9 cm³/mol. The summed E-state index contributed by atoms with van der Waals surface area (Å²) in [6, 6.07) is 4.28. The van der Waals surface area contributed by atoms with Gasteiger partial charge in [-0.15, -0.1) is 0 Å². The van der Waals surface area contributed by atoms with Crippen molar-refractivity contribution in [2.45, 2.75) is 25.3 Å². The van der Waals surface area contributed by atoms with E-state index in [-0.39, 0.29) is 0 Å². The van der Waals surface area contributed by atoms with E-state index in [2.05, 4.69) is 16.9 Å². The Morgan fingerprint density at radius 1 is 1.67 bits per heavy atom. The number of pyridine rings is 1. The van der Waals surface area contributed by atoms with E-state index in [1.54, 1.807) is 12.3 Å². The quantitative estimate of drug-likeness (QED) is 0.819. The van der Waals surface area contributed by atoms with Crippen molar-refractivity contribution in [2.75, 3.05) is 20.2 Å². The first-order valence-electron chi connectivity index (χ1n) is 6.25. The smallest absolute Gasteiger partial charge is 0.123 e. The molecule has 0 bridgehead atoms. The summed E-state index contributed by atoms with van der Waals surface area (Å²) in [6.45, 7) is 1.92. The Kier molecular flexibility index (Phi) is 4.49. The maximum Gasteiger partial charge on any atom is 0.123 e. The molecular weight excluding hydrogens is 246 g/mol. The van der Waals surface area contributed by atoms with Crippen molar-refractivity contribution in [3.05, 3.63) is 24.0 Å². The van der Waals surface area contributed by atoms with Crippen molar-refractivity contribution < 1.29 is 4.74 Å². The lowest BCUT2D eigenvalue weighted by atomic mass is 10.1. The van der Waals surface area contributed by atoms with Crippen molar-refractivity contribution in [1.29, 1.82) is 0 Å². The Morgan fingerprint density at radius 2 is 2.50 bits per heavy atom. The third kappa shape index (κ3) is 3.40. The first kappa shape index (κ1) is 13.2. The summed E-state index contributed by atoms with van der Waals surface area (Å²) >= 11 is 4.89. The molecule has 4 nitrogen and oxygen atoms in total. The molecule has 1 atom stereocenters. The van der Waals surface area contributed by atoms with Crippen LogP contribution in [0.15, 0.2) is 18.3 Å². The van der Waals surface area contributed by atoms with Gasteiger partial charge in [-0.25, -0.2) is 0 Å². The van der Waals surface area contributed by atoms with Gasteiger partial charge in [0.05, 0.1) is 6.61 Å². The van der Waals surface area contributed by atoms with Gasteiger partial charge in [-0.1, -0.05) is 12.2 Å². The fourth-order valence-electron chi connectivity index (χ4n) is 2.29. The second kappa shape index (κ2) is 6.11. The molecule has 2 rings (SSSR count). The molecule has 0 aromatic carbocycles. The molecule has 1 aromatic heterocycles. The topological polar surface area (TPSA) is 51.4 Å². The Bertz CT molecular complexity index is 424. The molecule has 18 heavy (non-hydrogen) atoms. The molecule has 0 radical (unpaired) electrons. The van der Waals surface area contributed by atoms with E-state index in [1.165, 1.54) is 19.4 Å². The number of nitrogens with zero attached hydrogens (tertiary/aromatic N) is 2. The summed E-state index contributed by atoms with van der Waals surface area (Å²) in [5.41, 5.74) is 6.15. The van der Waals surface area contributed by atoms with E-state index >= 15 is 0 Å². The van der Waals surface area contributed by atoms with Crippen molar-refractivity contribution in [1.82, 2.24) is 9.88 Å². The van der Waals surface area contributed by atoms with Crippen LogP contribution in [0, 0.1) is 0 Å². The average Bonchev–Trinajstić information content (AvgIpc) is 2.76. The average molecular weight is 265 g/mol. The highest BCUT2D eigenvalue weighted by Gasteiger charge is 2.20. The van der Waals surface area contributed by atoms with Crippen molar-refractivity contribution in [2.24, 2.45) is 5.73 Å². The van der Waals surface area contributed by atoms with Crippen molar-refractivity contribution in [3.8, 4) is 5.75 Å². The maximum atomic E-state index is 5.73. The third-order valence-electron chi connectivity index (χ3n) is 3.38. The van der Waals surface area contributed by atoms with Crippen LogP contribution in [-0.4, -0.2) is 41.1 Å². The zero-order valence-electron chi connectivity index (χ0n) is 10.6. The van der Waals surface area contributed by atoms with Crippen LogP contribution in [0.2, 0.25) is 0 Å². The minimum Gasteiger partial charge on any atom is -0.493 e. The molecule has 2 N–H and O–H groups in total. The summed E-state index contributed by atoms with van der Waals surface area (Å²) in [7, 11) is 2.18. The molecule has 1 aliphatic rings.